The van der Waals surface area contributed by atoms with Crippen molar-refractivity contribution < 1.29 is 142 Å². The van der Waals surface area contributed by atoms with E-state index >= 15 is 17.6 Å². The fraction of sp³-hybridized carbons (Fsp3) is 0.615. The summed E-state index contributed by atoms with van der Waals surface area (Å²) in [5, 5.41) is 1.12. The Kier molecular flexibility index (Phi) is 13.7. The minimum atomic E-state index is -9.97. The molecule has 0 radical (unpaired) electrons. The van der Waals surface area contributed by atoms with Gasteiger partial charge in [-0.05, 0) is 18.6 Å². The Balaban J connectivity index is 4.29. The first-order valence-corrected chi connectivity index (χ1v) is 14.0. The molecule has 0 atom stereocenters. The zero-order chi connectivity index (χ0) is 49.2. The second kappa shape index (κ2) is 15.4. The lowest BCUT2D eigenvalue weighted by molar-refractivity contribution is -0.485. The molecule has 61 heavy (non-hydrogen) atoms. The van der Waals surface area contributed by atoms with Crippen molar-refractivity contribution in [1.82, 2.24) is 5.32 Å². The largest absolute Gasteiger partial charge is 0.460 e. The Labute approximate surface area is 314 Å². The number of benzene rings is 1. The third-order valence-corrected chi connectivity index (χ3v) is 7.54. The lowest BCUT2D eigenvalue weighted by Gasteiger charge is -2.46. The van der Waals surface area contributed by atoms with Gasteiger partial charge >= 0.3 is 83.2 Å². The van der Waals surface area contributed by atoms with E-state index in [-0.39, 0.29) is 13.0 Å². The molecular weight excluding hydrogens is 947 g/mol. The average Bonchev–Trinajstić information content (AvgIpc) is 3.07. The second-order valence-electron chi connectivity index (χ2n) is 11.4. The second-order valence-corrected chi connectivity index (χ2v) is 11.4. The van der Waals surface area contributed by atoms with Gasteiger partial charge in [0, 0.05) is 12.5 Å². The van der Waals surface area contributed by atoms with Crippen molar-refractivity contribution in [1.29, 1.82) is 0 Å². The van der Waals surface area contributed by atoms with Crippen LogP contribution in [0.5, 0.6) is 0 Å². The number of carbonyl (C=O) groups excluding carboxylic acids is 4. The highest BCUT2D eigenvalue weighted by molar-refractivity contribution is 6.04. The van der Waals surface area contributed by atoms with Crippen LogP contribution in [0.25, 0.3) is 0 Å². The number of rotatable bonds is 17. The SMILES string of the molecule is CC(=O)OCNC(=O)c1c(N=C=O)c(N=C=O)cc(C)c1C(F)(F)C(F)(F)C(F)(F)C(F)(F)C(F)(F)C(F)(F)C(F)(F)C(F)(F)C(F)(F)C(F)(F)C(F)(F)C(F)(F)C(F)(F)F. The number of ether oxygens (including phenoxy) is 1. The Hall–Kier alpha value is -4.97. The molecule has 0 aromatic heterocycles. The standard InChI is InChI=1S/C26H10F27N3O5/c1-7-3-9(54-4-57)12(55-5-58)10(13(60)56-6-61-8(2)59)11(7)14(27,28)15(29,30)16(31,32)17(33,34)18(35,36)19(37,38)20(39,40)21(41,42)22(43,44)23(45,46)24(47,48)25(49,50)26(51,52)53/h3H,6H2,1-2H3,(H,56,60). The van der Waals surface area contributed by atoms with Crippen molar-refractivity contribution in [3.8, 4) is 0 Å². The molecule has 0 saturated carbocycles. The Morgan fingerprint density at radius 3 is 1.15 bits per heavy atom. The van der Waals surface area contributed by atoms with Gasteiger partial charge in [0.2, 0.25) is 12.2 Å². The third kappa shape index (κ3) is 7.36. The van der Waals surface area contributed by atoms with E-state index < -0.39 is 124 Å². The Morgan fingerprint density at radius 1 is 0.541 bits per heavy atom. The molecule has 0 aliphatic rings. The third-order valence-electron chi connectivity index (χ3n) is 7.54. The van der Waals surface area contributed by atoms with Crippen LogP contribution in [0, 0.1) is 6.92 Å². The van der Waals surface area contributed by atoms with Gasteiger partial charge in [0.1, 0.15) is 11.4 Å². The highest BCUT2D eigenvalue weighted by atomic mass is 19.4. The van der Waals surface area contributed by atoms with Crippen LogP contribution in [0.1, 0.15) is 28.4 Å². The minimum Gasteiger partial charge on any atom is -0.445 e. The molecule has 0 spiro atoms. The smallest absolute Gasteiger partial charge is 0.445 e. The number of amides is 1. The van der Waals surface area contributed by atoms with Crippen LogP contribution < -0.4 is 5.32 Å². The number of hydrogen-bond acceptors (Lipinski definition) is 7. The summed E-state index contributed by atoms with van der Waals surface area (Å²) in [6.07, 6.45) is -7.49. The van der Waals surface area contributed by atoms with E-state index in [1.807, 2.05) is 0 Å². The normalized spacial score (nSPS) is 14.8. The van der Waals surface area contributed by atoms with E-state index in [2.05, 4.69) is 14.7 Å². The topological polar surface area (TPSA) is 114 Å². The molecule has 0 bridgehead atoms. The number of esters is 1. The van der Waals surface area contributed by atoms with Crippen molar-refractivity contribution >= 4 is 35.4 Å². The Bertz CT molecular complexity index is 1980. The first-order valence-electron chi connectivity index (χ1n) is 14.0. The van der Waals surface area contributed by atoms with Gasteiger partial charge in [0.05, 0.1) is 5.56 Å². The van der Waals surface area contributed by atoms with Gasteiger partial charge in [0.25, 0.3) is 5.91 Å². The maximum absolute atomic E-state index is 15.5. The van der Waals surface area contributed by atoms with Gasteiger partial charge in [-0.1, -0.05) is 0 Å². The highest BCUT2D eigenvalue weighted by Crippen LogP contribution is 2.69. The highest BCUT2D eigenvalue weighted by Gasteiger charge is 3.00. The summed E-state index contributed by atoms with van der Waals surface area (Å²) in [6.45, 7) is -1.25. The minimum absolute atomic E-state index is 0.119. The van der Waals surface area contributed by atoms with E-state index in [0.717, 1.165) is 5.32 Å². The molecule has 0 unspecified atom stereocenters. The summed E-state index contributed by atoms with van der Waals surface area (Å²) in [5.41, 5.74) is -11.6. The van der Waals surface area contributed by atoms with Crippen molar-refractivity contribution in [3.63, 3.8) is 0 Å². The monoisotopic (exact) mass is 957 g/mol. The van der Waals surface area contributed by atoms with E-state index in [1.165, 1.54) is 0 Å². The molecule has 1 rings (SSSR count). The van der Waals surface area contributed by atoms with E-state index in [0.29, 0.717) is 19.1 Å². The molecule has 0 heterocycles. The molecule has 1 N–H and O–H groups in total. The van der Waals surface area contributed by atoms with Crippen LogP contribution in [-0.2, 0) is 25.0 Å². The number of nitrogens with one attached hydrogen (secondary N) is 1. The number of isocyanates is 2. The van der Waals surface area contributed by atoms with E-state index in [1.54, 1.807) is 0 Å². The summed E-state index contributed by atoms with van der Waals surface area (Å²) in [6, 6.07) is -0.324. The van der Waals surface area contributed by atoms with Crippen LogP contribution in [0.4, 0.5) is 130 Å². The summed E-state index contributed by atoms with van der Waals surface area (Å²) in [5.74, 6) is -117. The van der Waals surface area contributed by atoms with Crippen LogP contribution in [0.2, 0.25) is 0 Å². The average molecular weight is 957 g/mol. The first kappa shape index (κ1) is 54.0. The fourth-order valence-electron chi connectivity index (χ4n) is 4.31. The zero-order valence-corrected chi connectivity index (χ0v) is 27.9. The number of hydrogen-bond donors (Lipinski definition) is 1. The summed E-state index contributed by atoms with van der Waals surface area (Å²) < 4.78 is 383. The molecule has 8 nitrogen and oxygen atoms in total. The zero-order valence-electron chi connectivity index (χ0n) is 27.9. The molecule has 0 aliphatic heterocycles. The predicted octanol–water partition coefficient (Wildman–Crippen LogP) is 9.82. The van der Waals surface area contributed by atoms with Crippen LogP contribution >= 0.6 is 0 Å². The van der Waals surface area contributed by atoms with Crippen molar-refractivity contribution in [2.75, 3.05) is 6.73 Å². The van der Waals surface area contributed by atoms with Crippen LogP contribution in [-0.4, -0.2) is 102 Å². The quantitative estimate of drug-likeness (QED) is 0.0550. The summed E-state index contributed by atoms with van der Waals surface area (Å²) in [4.78, 5) is 50.2. The summed E-state index contributed by atoms with van der Waals surface area (Å²) >= 11 is 0. The lowest BCUT2D eigenvalue weighted by Crippen LogP contribution is -2.78. The van der Waals surface area contributed by atoms with Gasteiger partial charge in [-0.25, -0.2) is 9.59 Å². The molecule has 0 fully saturated rings. The fourth-order valence-corrected chi connectivity index (χ4v) is 4.31. The molecular formula is C26H10F27N3O5. The maximum atomic E-state index is 15.5. The first-order chi connectivity index (χ1) is 26.6. The van der Waals surface area contributed by atoms with Crippen LogP contribution in [0.3, 0.4) is 0 Å². The molecule has 1 aromatic rings. The van der Waals surface area contributed by atoms with E-state index in [4.69, 9.17) is 0 Å². The molecule has 348 valence electrons. The summed E-state index contributed by atoms with van der Waals surface area (Å²) in [7, 11) is 0. The molecule has 0 saturated heterocycles. The van der Waals surface area contributed by atoms with Gasteiger partial charge in [-0.3, -0.25) is 9.59 Å². The molecule has 1 amide bonds. The van der Waals surface area contributed by atoms with Crippen LogP contribution in [0.15, 0.2) is 16.1 Å². The Morgan fingerprint density at radius 2 is 0.852 bits per heavy atom. The number of carbonyl (C=O) groups is 2. The lowest BCUT2D eigenvalue weighted by atomic mass is 9.82. The number of halogens is 27. The predicted molar refractivity (Wildman–Crippen MR) is 135 cm³/mol. The number of nitrogens with zero attached hydrogens (tertiary/aromatic N) is 2. The van der Waals surface area contributed by atoms with Gasteiger partial charge in [-0.15, -0.1) is 0 Å². The van der Waals surface area contributed by atoms with Crippen molar-refractivity contribution in [2.24, 2.45) is 9.98 Å². The number of alkyl halides is 27. The molecule has 35 heteroatoms. The van der Waals surface area contributed by atoms with Gasteiger partial charge in [-0.2, -0.15) is 129 Å². The van der Waals surface area contributed by atoms with Gasteiger partial charge < -0.3 is 10.1 Å². The van der Waals surface area contributed by atoms with Crippen molar-refractivity contribution in [3.05, 3.63) is 22.8 Å². The van der Waals surface area contributed by atoms with Gasteiger partial charge in [0.15, 0.2) is 6.73 Å². The maximum Gasteiger partial charge on any atom is 0.460 e. The number of aliphatic imine (C=N–C) groups is 2. The number of aryl methyl sites for hydroxylation is 1. The van der Waals surface area contributed by atoms with E-state index in [9.17, 15) is 120 Å². The molecule has 1 aromatic carbocycles. The van der Waals surface area contributed by atoms with Crippen molar-refractivity contribution in [2.45, 2.75) is 91.1 Å². The molecule has 0 aliphatic carbocycles.